The van der Waals surface area contributed by atoms with Crippen molar-refractivity contribution >= 4 is 11.7 Å². The molecule has 1 aromatic rings. The largest absolute Gasteiger partial charge is 0.496 e. The summed E-state index contributed by atoms with van der Waals surface area (Å²) in [7, 11) is 2.92. The maximum absolute atomic E-state index is 12.4. The SMILES string of the molecule is COc1cccc(OC)c1C(=O)NC(C)(C)/C(N)=N/O. The molecular formula is C13H19N3O4. The molecule has 1 rings (SSSR count). The molecule has 7 heteroatoms. The fourth-order valence-electron chi connectivity index (χ4n) is 1.61. The third-order valence-corrected chi connectivity index (χ3v) is 2.83. The molecule has 0 aliphatic rings. The van der Waals surface area contributed by atoms with Gasteiger partial charge in [0.05, 0.1) is 19.8 Å². The van der Waals surface area contributed by atoms with Crippen LogP contribution in [0.2, 0.25) is 0 Å². The van der Waals surface area contributed by atoms with E-state index in [0.717, 1.165) is 0 Å². The number of rotatable bonds is 5. The van der Waals surface area contributed by atoms with Crippen LogP contribution in [0.4, 0.5) is 0 Å². The molecule has 0 aromatic heterocycles. The third-order valence-electron chi connectivity index (χ3n) is 2.83. The van der Waals surface area contributed by atoms with Gasteiger partial charge in [0, 0.05) is 0 Å². The van der Waals surface area contributed by atoms with Gasteiger partial charge in [-0.15, -0.1) is 0 Å². The van der Waals surface area contributed by atoms with Gasteiger partial charge in [0.1, 0.15) is 17.1 Å². The molecule has 7 nitrogen and oxygen atoms in total. The van der Waals surface area contributed by atoms with Crippen LogP contribution in [0.5, 0.6) is 11.5 Å². The highest BCUT2D eigenvalue weighted by Gasteiger charge is 2.29. The Morgan fingerprint density at radius 1 is 1.30 bits per heavy atom. The average molecular weight is 281 g/mol. The first kappa shape index (κ1) is 15.6. The van der Waals surface area contributed by atoms with E-state index in [-0.39, 0.29) is 11.4 Å². The van der Waals surface area contributed by atoms with Gasteiger partial charge in [-0.2, -0.15) is 0 Å². The van der Waals surface area contributed by atoms with Crippen molar-refractivity contribution in [1.82, 2.24) is 5.32 Å². The van der Waals surface area contributed by atoms with E-state index < -0.39 is 11.4 Å². The second kappa shape index (κ2) is 6.14. The predicted molar refractivity (Wildman–Crippen MR) is 74.5 cm³/mol. The molecule has 1 amide bonds. The van der Waals surface area contributed by atoms with Gasteiger partial charge in [0.2, 0.25) is 0 Å². The van der Waals surface area contributed by atoms with Crippen LogP contribution in [0.25, 0.3) is 0 Å². The van der Waals surface area contributed by atoms with Crippen molar-refractivity contribution < 1.29 is 19.5 Å². The molecule has 4 N–H and O–H groups in total. The van der Waals surface area contributed by atoms with Gasteiger partial charge in [-0.3, -0.25) is 4.79 Å². The van der Waals surface area contributed by atoms with Crippen molar-refractivity contribution in [2.45, 2.75) is 19.4 Å². The van der Waals surface area contributed by atoms with Crippen LogP contribution in [0, 0.1) is 0 Å². The first-order valence-electron chi connectivity index (χ1n) is 5.89. The Balaban J connectivity index is 3.16. The Kier molecular flexibility index (Phi) is 4.79. The molecule has 1 aromatic carbocycles. The predicted octanol–water partition coefficient (Wildman–Crippen LogP) is 0.959. The lowest BCUT2D eigenvalue weighted by atomic mass is 10.0. The molecular weight excluding hydrogens is 262 g/mol. The summed E-state index contributed by atoms with van der Waals surface area (Å²) in [6.45, 7) is 3.23. The van der Waals surface area contributed by atoms with E-state index in [4.69, 9.17) is 20.4 Å². The summed E-state index contributed by atoms with van der Waals surface area (Å²) in [6, 6.07) is 5.00. The number of carbonyl (C=O) groups excluding carboxylic acids is 1. The summed E-state index contributed by atoms with van der Waals surface area (Å²) in [5.74, 6) is 0.185. The topological polar surface area (TPSA) is 106 Å². The first-order valence-corrected chi connectivity index (χ1v) is 5.89. The number of hydrogen-bond acceptors (Lipinski definition) is 5. The smallest absolute Gasteiger partial charge is 0.259 e. The number of carbonyl (C=O) groups is 1. The zero-order valence-corrected chi connectivity index (χ0v) is 11.9. The molecule has 0 fully saturated rings. The lowest BCUT2D eigenvalue weighted by Gasteiger charge is -2.25. The van der Waals surface area contributed by atoms with Crippen LogP contribution in [-0.2, 0) is 0 Å². The van der Waals surface area contributed by atoms with Crippen molar-refractivity contribution in [3.05, 3.63) is 23.8 Å². The van der Waals surface area contributed by atoms with E-state index in [1.165, 1.54) is 14.2 Å². The summed E-state index contributed by atoms with van der Waals surface area (Å²) < 4.78 is 10.3. The second-order valence-corrected chi connectivity index (χ2v) is 4.60. The zero-order valence-electron chi connectivity index (χ0n) is 11.9. The number of hydrogen-bond donors (Lipinski definition) is 3. The minimum atomic E-state index is -1.02. The van der Waals surface area contributed by atoms with Crippen molar-refractivity contribution in [3.8, 4) is 11.5 Å². The van der Waals surface area contributed by atoms with Gasteiger partial charge in [0.15, 0.2) is 5.84 Å². The standard InChI is InChI=1S/C13H19N3O4/c1-13(2,12(14)16-18)15-11(17)10-8(19-3)6-5-7-9(10)20-4/h5-7,18H,1-4H3,(H2,14,16)(H,15,17). The van der Waals surface area contributed by atoms with Crippen molar-refractivity contribution in [3.63, 3.8) is 0 Å². The lowest BCUT2D eigenvalue weighted by molar-refractivity contribution is 0.0924. The Labute approximate surface area is 117 Å². The highest BCUT2D eigenvalue weighted by molar-refractivity contribution is 6.03. The molecule has 0 aliphatic heterocycles. The quantitative estimate of drug-likeness (QED) is 0.322. The van der Waals surface area contributed by atoms with E-state index in [1.54, 1.807) is 32.0 Å². The summed E-state index contributed by atoms with van der Waals surface area (Å²) in [4.78, 5) is 12.4. The molecule has 0 atom stereocenters. The normalized spacial score (nSPS) is 11.9. The van der Waals surface area contributed by atoms with Crippen LogP contribution in [0.1, 0.15) is 24.2 Å². The molecule has 0 saturated heterocycles. The number of oxime groups is 1. The van der Waals surface area contributed by atoms with Crippen molar-refractivity contribution in [1.29, 1.82) is 0 Å². The summed E-state index contributed by atoms with van der Waals surface area (Å²) in [5.41, 5.74) is 4.77. The minimum Gasteiger partial charge on any atom is -0.496 e. The Hall–Kier alpha value is -2.44. The molecule has 0 unspecified atom stereocenters. The number of ether oxygens (including phenoxy) is 2. The highest BCUT2D eigenvalue weighted by atomic mass is 16.5. The Bertz CT molecular complexity index is 504. The van der Waals surface area contributed by atoms with Crippen molar-refractivity contribution in [2.75, 3.05) is 14.2 Å². The van der Waals surface area contributed by atoms with Gasteiger partial charge in [-0.1, -0.05) is 11.2 Å². The molecule has 0 aliphatic carbocycles. The fraction of sp³-hybridized carbons (Fsp3) is 0.385. The molecule has 0 spiro atoms. The monoisotopic (exact) mass is 281 g/mol. The van der Waals surface area contributed by atoms with E-state index in [0.29, 0.717) is 11.5 Å². The van der Waals surface area contributed by atoms with Gasteiger partial charge in [0.25, 0.3) is 5.91 Å². The molecule has 0 bridgehead atoms. The third kappa shape index (κ3) is 3.11. The number of benzene rings is 1. The Morgan fingerprint density at radius 3 is 2.20 bits per heavy atom. The molecule has 0 saturated carbocycles. The second-order valence-electron chi connectivity index (χ2n) is 4.60. The van der Waals surface area contributed by atoms with Crippen molar-refractivity contribution in [2.24, 2.45) is 10.9 Å². The molecule has 0 radical (unpaired) electrons. The minimum absolute atomic E-state index is 0.111. The number of nitrogens with one attached hydrogen (secondary N) is 1. The number of amides is 1. The number of nitrogens with two attached hydrogens (primary N) is 1. The van der Waals surface area contributed by atoms with Gasteiger partial charge < -0.3 is 25.7 Å². The summed E-state index contributed by atoms with van der Waals surface area (Å²) in [5, 5.41) is 14.3. The van der Waals surface area contributed by atoms with Crippen LogP contribution >= 0.6 is 0 Å². The van der Waals surface area contributed by atoms with E-state index in [9.17, 15) is 4.79 Å². The number of nitrogens with zero attached hydrogens (tertiary/aromatic N) is 1. The average Bonchev–Trinajstić information content (AvgIpc) is 2.44. The molecule has 0 heterocycles. The van der Waals surface area contributed by atoms with Crippen LogP contribution in [0.15, 0.2) is 23.4 Å². The van der Waals surface area contributed by atoms with Gasteiger partial charge in [-0.05, 0) is 26.0 Å². The first-order chi connectivity index (χ1) is 9.37. The number of methoxy groups -OCH3 is 2. The van der Waals surface area contributed by atoms with E-state index >= 15 is 0 Å². The Morgan fingerprint density at radius 2 is 1.80 bits per heavy atom. The van der Waals surface area contributed by atoms with Gasteiger partial charge >= 0.3 is 0 Å². The maximum atomic E-state index is 12.4. The maximum Gasteiger partial charge on any atom is 0.259 e. The van der Waals surface area contributed by atoms with Gasteiger partial charge in [-0.25, -0.2) is 0 Å². The lowest BCUT2D eigenvalue weighted by Crippen LogP contribution is -2.53. The van der Waals surface area contributed by atoms with E-state index in [2.05, 4.69) is 10.5 Å². The number of amidine groups is 1. The fourth-order valence-corrected chi connectivity index (χ4v) is 1.61. The molecule has 110 valence electrons. The van der Waals surface area contributed by atoms with Crippen LogP contribution < -0.4 is 20.5 Å². The summed E-state index contributed by atoms with van der Waals surface area (Å²) in [6.07, 6.45) is 0. The summed E-state index contributed by atoms with van der Waals surface area (Å²) >= 11 is 0. The van der Waals surface area contributed by atoms with Crippen LogP contribution in [-0.4, -0.2) is 36.7 Å². The highest BCUT2D eigenvalue weighted by Crippen LogP contribution is 2.28. The van der Waals surface area contributed by atoms with Crippen LogP contribution in [0.3, 0.4) is 0 Å². The zero-order chi connectivity index (χ0) is 15.3. The molecule has 20 heavy (non-hydrogen) atoms. The van der Waals surface area contributed by atoms with E-state index in [1.807, 2.05) is 0 Å².